The minimum atomic E-state index is -3.47. The van der Waals surface area contributed by atoms with E-state index in [1.807, 2.05) is 11.4 Å². The maximum absolute atomic E-state index is 12.9. The number of nitrogens with zero attached hydrogens (tertiary/aromatic N) is 2. The maximum Gasteiger partial charge on any atom is 0.243 e. The first kappa shape index (κ1) is 18.6. The number of piperidine rings is 1. The molecule has 1 aliphatic heterocycles. The Kier molecular flexibility index (Phi) is 5.29. The van der Waals surface area contributed by atoms with Crippen molar-refractivity contribution in [3.8, 4) is 0 Å². The van der Waals surface area contributed by atoms with Crippen molar-refractivity contribution in [3.63, 3.8) is 0 Å². The van der Waals surface area contributed by atoms with Crippen molar-refractivity contribution in [2.45, 2.75) is 43.0 Å². The van der Waals surface area contributed by atoms with E-state index in [4.69, 9.17) is 0 Å². The van der Waals surface area contributed by atoms with E-state index in [1.165, 1.54) is 0 Å². The van der Waals surface area contributed by atoms with Gasteiger partial charge in [-0.3, -0.25) is 4.79 Å². The SMILES string of the molecule is O=C(NCc1csc([C@@H]2CCCN(S(=O)(=O)c3ccccc3)C2)n1)C1CC1. The van der Waals surface area contributed by atoms with Gasteiger partial charge in [0.15, 0.2) is 0 Å². The van der Waals surface area contributed by atoms with Crippen molar-refractivity contribution >= 4 is 27.3 Å². The second-order valence-corrected chi connectivity index (χ2v) is 10.0. The van der Waals surface area contributed by atoms with Crippen molar-refractivity contribution in [2.75, 3.05) is 13.1 Å². The molecule has 27 heavy (non-hydrogen) atoms. The average molecular weight is 406 g/mol. The average Bonchev–Trinajstić information content (AvgIpc) is 3.45. The van der Waals surface area contributed by atoms with Gasteiger partial charge in [0, 0.05) is 30.3 Å². The summed E-state index contributed by atoms with van der Waals surface area (Å²) in [5.74, 6) is 0.413. The molecule has 1 N–H and O–H groups in total. The Labute approximate surface area is 163 Å². The zero-order valence-electron chi connectivity index (χ0n) is 15.0. The number of benzene rings is 1. The molecule has 0 radical (unpaired) electrons. The van der Waals surface area contributed by atoms with E-state index in [-0.39, 0.29) is 17.7 Å². The van der Waals surface area contributed by atoms with Crippen LogP contribution in [0.25, 0.3) is 0 Å². The van der Waals surface area contributed by atoms with Gasteiger partial charge in [-0.25, -0.2) is 13.4 Å². The van der Waals surface area contributed by atoms with Crippen LogP contribution < -0.4 is 5.32 Å². The molecule has 2 heterocycles. The van der Waals surface area contributed by atoms with Crippen LogP contribution in [0.2, 0.25) is 0 Å². The number of carbonyl (C=O) groups is 1. The predicted octanol–water partition coefficient (Wildman–Crippen LogP) is 2.74. The van der Waals surface area contributed by atoms with Gasteiger partial charge in [-0.15, -0.1) is 11.3 Å². The van der Waals surface area contributed by atoms with Crippen LogP contribution in [0.15, 0.2) is 40.6 Å². The summed E-state index contributed by atoms with van der Waals surface area (Å²) in [6.07, 6.45) is 3.73. The molecule has 1 saturated carbocycles. The largest absolute Gasteiger partial charge is 0.350 e. The fourth-order valence-electron chi connectivity index (χ4n) is 3.36. The molecule has 1 atom stereocenters. The van der Waals surface area contributed by atoms with Crippen molar-refractivity contribution in [1.29, 1.82) is 0 Å². The van der Waals surface area contributed by atoms with Gasteiger partial charge in [0.25, 0.3) is 0 Å². The van der Waals surface area contributed by atoms with Crippen molar-refractivity contribution in [2.24, 2.45) is 5.92 Å². The Bertz CT molecular complexity index is 907. The quantitative estimate of drug-likeness (QED) is 0.801. The van der Waals surface area contributed by atoms with E-state index < -0.39 is 10.0 Å². The highest BCUT2D eigenvalue weighted by Gasteiger charge is 2.32. The van der Waals surface area contributed by atoms with E-state index in [0.717, 1.165) is 36.4 Å². The number of sulfonamides is 1. The normalized spacial score (nSPS) is 21.1. The van der Waals surface area contributed by atoms with Gasteiger partial charge < -0.3 is 5.32 Å². The molecule has 1 amide bonds. The van der Waals surface area contributed by atoms with Crippen LogP contribution in [0.4, 0.5) is 0 Å². The molecule has 144 valence electrons. The van der Waals surface area contributed by atoms with Crippen LogP contribution in [0.5, 0.6) is 0 Å². The lowest BCUT2D eigenvalue weighted by Crippen LogP contribution is -2.39. The van der Waals surface area contributed by atoms with Gasteiger partial charge in [0.1, 0.15) is 0 Å². The third-order valence-corrected chi connectivity index (χ3v) is 8.01. The highest BCUT2D eigenvalue weighted by atomic mass is 32.2. The summed E-state index contributed by atoms with van der Waals surface area (Å²) >= 11 is 1.56. The first-order valence-corrected chi connectivity index (χ1v) is 11.6. The summed E-state index contributed by atoms with van der Waals surface area (Å²) in [6.45, 7) is 1.45. The predicted molar refractivity (Wildman–Crippen MR) is 104 cm³/mol. The summed E-state index contributed by atoms with van der Waals surface area (Å²) in [4.78, 5) is 16.8. The van der Waals surface area contributed by atoms with E-state index in [0.29, 0.717) is 24.5 Å². The molecule has 0 bridgehead atoms. The molecular formula is C19H23N3O3S2. The number of hydrogen-bond acceptors (Lipinski definition) is 5. The van der Waals surface area contributed by atoms with Gasteiger partial charge in [-0.05, 0) is 37.8 Å². The summed E-state index contributed by atoms with van der Waals surface area (Å²) in [5, 5.41) is 5.85. The monoisotopic (exact) mass is 405 g/mol. The highest BCUT2D eigenvalue weighted by Crippen LogP contribution is 2.32. The van der Waals surface area contributed by atoms with Crippen molar-refractivity contribution in [1.82, 2.24) is 14.6 Å². The zero-order valence-corrected chi connectivity index (χ0v) is 16.6. The van der Waals surface area contributed by atoms with Crippen LogP contribution in [0.1, 0.15) is 42.3 Å². The third-order valence-electron chi connectivity index (χ3n) is 5.08. The number of amides is 1. The van der Waals surface area contributed by atoms with Gasteiger partial charge in [0.05, 0.1) is 22.1 Å². The van der Waals surface area contributed by atoms with Gasteiger partial charge in [-0.1, -0.05) is 18.2 Å². The van der Waals surface area contributed by atoms with E-state index in [2.05, 4.69) is 10.3 Å². The minimum absolute atomic E-state index is 0.107. The molecule has 8 heteroatoms. The molecule has 1 aromatic carbocycles. The van der Waals surface area contributed by atoms with Crippen LogP contribution in [0.3, 0.4) is 0 Å². The smallest absolute Gasteiger partial charge is 0.243 e. The number of hydrogen-bond donors (Lipinski definition) is 1. The van der Waals surface area contributed by atoms with Crippen LogP contribution >= 0.6 is 11.3 Å². The molecule has 1 saturated heterocycles. The molecule has 2 fully saturated rings. The third kappa shape index (κ3) is 4.23. The standard InChI is InChI=1S/C19H23N3O3S2/c23-18(14-8-9-14)20-11-16-13-26-19(21-16)15-5-4-10-22(12-15)27(24,25)17-6-2-1-3-7-17/h1-3,6-7,13-15H,4-5,8-12H2,(H,20,23)/t15-/m1/s1. The zero-order chi connectivity index (χ0) is 18.9. The van der Waals surface area contributed by atoms with Crippen molar-refractivity contribution in [3.05, 3.63) is 46.4 Å². The lowest BCUT2D eigenvalue weighted by molar-refractivity contribution is -0.122. The Morgan fingerprint density at radius 2 is 2.00 bits per heavy atom. The minimum Gasteiger partial charge on any atom is -0.350 e. The Hall–Kier alpha value is -1.77. The van der Waals surface area contributed by atoms with Crippen molar-refractivity contribution < 1.29 is 13.2 Å². The molecule has 2 aliphatic rings. The molecule has 2 aromatic rings. The molecule has 0 unspecified atom stereocenters. The number of nitrogens with one attached hydrogen (secondary N) is 1. The Balaban J connectivity index is 1.41. The number of rotatable bonds is 6. The first-order chi connectivity index (χ1) is 13.0. The van der Waals surface area contributed by atoms with E-state index in [9.17, 15) is 13.2 Å². The summed E-state index contributed by atoms with van der Waals surface area (Å²) in [6, 6.07) is 8.60. The number of carbonyl (C=O) groups excluding carboxylic acids is 1. The lowest BCUT2D eigenvalue weighted by Gasteiger charge is -2.31. The molecular weight excluding hydrogens is 382 g/mol. The van der Waals surface area contributed by atoms with E-state index >= 15 is 0 Å². The molecule has 1 aliphatic carbocycles. The van der Waals surface area contributed by atoms with Gasteiger partial charge >= 0.3 is 0 Å². The lowest BCUT2D eigenvalue weighted by atomic mass is 10.0. The summed E-state index contributed by atoms with van der Waals surface area (Å²) in [7, 11) is -3.47. The maximum atomic E-state index is 12.9. The van der Waals surface area contributed by atoms with E-state index in [1.54, 1.807) is 39.9 Å². The van der Waals surface area contributed by atoms with Crippen LogP contribution in [-0.4, -0.2) is 36.7 Å². The number of thiazole rings is 1. The Morgan fingerprint density at radius 3 is 2.74 bits per heavy atom. The molecule has 1 aromatic heterocycles. The fraction of sp³-hybridized carbons (Fsp3) is 0.474. The van der Waals surface area contributed by atoms with Gasteiger partial charge in [-0.2, -0.15) is 4.31 Å². The summed E-state index contributed by atoms with van der Waals surface area (Å²) < 4.78 is 27.3. The topological polar surface area (TPSA) is 79.4 Å². The highest BCUT2D eigenvalue weighted by molar-refractivity contribution is 7.89. The second kappa shape index (κ2) is 7.69. The number of aromatic nitrogens is 1. The molecule has 0 spiro atoms. The second-order valence-electron chi connectivity index (χ2n) is 7.18. The molecule has 6 nitrogen and oxygen atoms in total. The molecule has 4 rings (SSSR count). The van der Waals surface area contributed by atoms with Gasteiger partial charge in [0.2, 0.25) is 15.9 Å². The summed E-state index contributed by atoms with van der Waals surface area (Å²) in [5.41, 5.74) is 0.854. The van der Waals surface area contributed by atoms with Crippen LogP contribution in [-0.2, 0) is 21.4 Å². The van der Waals surface area contributed by atoms with Crippen LogP contribution in [0, 0.1) is 5.92 Å². The first-order valence-electron chi connectivity index (χ1n) is 9.31. The fourth-order valence-corrected chi connectivity index (χ4v) is 5.86. The Morgan fingerprint density at radius 1 is 1.22 bits per heavy atom.